The Kier molecular flexibility index (Phi) is 8.25. The third-order valence-electron chi connectivity index (χ3n) is 5.34. The third kappa shape index (κ3) is 6.31. The van der Waals surface area contributed by atoms with Crippen molar-refractivity contribution >= 4 is 0 Å². The van der Waals surface area contributed by atoms with E-state index in [2.05, 4.69) is 5.10 Å². The molecule has 1 N–H and O–H groups in total. The molecule has 0 aliphatic carbocycles. The molecular weight excluding hydrogens is 409 g/mol. The van der Waals surface area contributed by atoms with Gasteiger partial charge in [0.2, 0.25) is 0 Å². The van der Waals surface area contributed by atoms with Crippen LogP contribution >= 0.6 is 0 Å². The summed E-state index contributed by atoms with van der Waals surface area (Å²) in [6.45, 7) is 8.18. The van der Waals surface area contributed by atoms with E-state index in [4.69, 9.17) is 9.47 Å². The van der Waals surface area contributed by atoms with Crippen LogP contribution in [0.25, 0.3) is 0 Å². The summed E-state index contributed by atoms with van der Waals surface area (Å²) in [4.78, 5) is 2.04. The monoisotopic (exact) mass is 441 g/mol. The second-order valence-electron chi connectivity index (χ2n) is 7.96. The van der Waals surface area contributed by atoms with Crippen LogP contribution in [0, 0.1) is 19.7 Å². The Morgan fingerprint density at radius 1 is 1.06 bits per heavy atom. The molecule has 172 valence electrons. The van der Waals surface area contributed by atoms with Gasteiger partial charge in [0.05, 0.1) is 18.8 Å². The fraction of sp³-hybridized carbons (Fsp3) is 0.400. The molecule has 3 rings (SSSR count). The van der Waals surface area contributed by atoms with E-state index < -0.39 is 6.10 Å². The average molecular weight is 442 g/mol. The van der Waals surface area contributed by atoms with Gasteiger partial charge in [-0.1, -0.05) is 18.2 Å². The Balaban J connectivity index is 1.53. The molecular formula is C25H32FN3O3. The van der Waals surface area contributed by atoms with Crippen LogP contribution in [-0.2, 0) is 13.1 Å². The number of aromatic nitrogens is 2. The van der Waals surface area contributed by atoms with Crippen molar-refractivity contribution in [2.45, 2.75) is 40.0 Å². The molecule has 0 saturated carbocycles. The van der Waals surface area contributed by atoms with E-state index in [1.54, 1.807) is 12.1 Å². The van der Waals surface area contributed by atoms with Gasteiger partial charge in [0.15, 0.2) is 0 Å². The Labute approximate surface area is 189 Å². The number of aliphatic hydroxyl groups is 1. The highest BCUT2D eigenvalue weighted by molar-refractivity contribution is 5.31. The number of hydrogen-bond acceptors (Lipinski definition) is 5. The molecule has 0 aliphatic heterocycles. The molecule has 1 aromatic heterocycles. The second-order valence-corrected chi connectivity index (χ2v) is 7.96. The largest absolute Gasteiger partial charge is 0.494 e. The van der Waals surface area contributed by atoms with Crippen LogP contribution in [0.4, 0.5) is 4.39 Å². The Bertz CT molecular complexity index is 1000. The van der Waals surface area contributed by atoms with Crippen molar-refractivity contribution in [3.63, 3.8) is 0 Å². The Morgan fingerprint density at radius 3 is 2.38 bits per heavy atom. The lowest BCUT2D eigenvalue weighted by molar-refractivity contribution is 0.0742. The predicted octanol–water partition coefficient (Wildman–Crippen LogP) is 3.96. The smallest absolute Gasteiger partial charge is 0.128 e. The van der Waals surface area contributed by atoms with Gasteiger partial charge in [0.25, 0.3) is 0 Å². The number of halogens is 1. The lowest BCUT2D eigenvalue weighted by atomic mass is 10.1. The highest BCUT2D eigenvalue weighted by atomic mass is 19.1. The van der Waals surface area contributed by atoms with Gasteiger partial charge in [-0.3, -0.25) is 9.58 Å². The fourth-order valence-corrected chi connectivity index (χ4v) is 3.64. The second kappa shape index (κ2) is 11.1. The van der Waals surface area contributed by atoms with E-state index in [-0.39, 0.29) is 12.4 Å². The molecule has 1 heterocycles. The minimum absolute atomic E-state index is 0.197. The van der Waals surface area contributed by atoms with Crippen molar-refractivity contribution in [2.75, 3.05) is 26.8 Å². The molecule has 3 aromatic rings. The van der Waals surface area contributed by atoms with Crippen LogP contribution in [0.1, 0.15) is 29.4 Å². The highest BCUT2D eigenvalue weighted by Crippen LogP contribution is 2.19. The number of benzene rings is 2. The van der Waals surface area contributed by atoms with Crippen LogP contribution in [0.15, 0.2) is 48.5 Å². The summed E-state index contributed by atoms with van der Waals surface area (Å²) in [5.74, 6) is 1.26. The number of nitrogens with zero attached hydrogens (tertiary/aromatic N) is 3. The molecule has 0 bridgehead atoms. The van der Waals surface area contributed by atoms with Gasteiger partial charge in [-0.2, -0.15) is 5.10 Å². The van der Waals surface area contributed by atoms with Gasteiger partial charge >= 0.3 is 0 Å². The molecule has 0 fully saturated rings. The molecule has 32 heavy (non-hydrogen) atoms. The van der Waals surface area contributed by atoms with Crippen LogP contribution in [0.5, 0.6) is 11.5 Å². The first-order valence-electron chi connectivity index (χ1n) is 10.9. The van der Waals surface area contributed by atoms with Gasteiger partial charge in [0, 0.05) is 29.9 Å². The van der Waals surface area contributed by atoms with Crippen molar-refractivity contribution in [3.8, 4) is 11.5 Å². The zero-order chi connectivity index (χ0) is 23.1. The van der Waals surface area contributed by atoms with Crippen LogP contribution in [0.2, 0.25) is 0 Å². The first-order valence-corrected chi connectivity index (χ1v) is 10.9. The maximum atomic E-state index is 14.0. The molecule has 0 spiro atoms. The lowest BCUT2D eigenvalue weighted by Gasteiger charge is -2.21. The zero-order valence-corrected chi connectivity index (χ0v) is 19.2. The zero-order valence-electron chi connectivity index (χ0n) is 19.2. The first kappa shape index (κ1) is 23.8. The van der Waals surface area contributed by atoms with E-state index in [9.17, 15) is 9.50 Å². The van der Waals surface area contributed by atoms with E-state index in [0.717, 1.165) is 22.7 Å². The number of aryl methyl sites for hydroxylation is 1. The summed E-state index contributed by atoms with van der Waals surface area (Å²) < 4.78 is 27.0. The molecule has 0 radical (unpaired) electrons. The Morgan fingerprint density at radius 2 is 1.72 bits per heavy atom. The number of aliphatic hydroxyl groups excluding tert-OH is 1. The van der Waals surface area contributed by atoms with Gasteiger partial charge in [-0.15, -0.1) is 0 Å². The number of hydrogen-bond donors (Lipinski definition) is 1. The minimum Gasteiger partial charge on any atom is -0.494 e. The van der Waals surface area contributed by atoms with Crippen molar-refractivity contribution in [3.05, 3.63) is 76.9 Å². The number of ether oxygens (including phenoxy) is 2. The van der Waals surface area contributed by atoms with Crippen LogP contribution in [0.3, 0.4) is 0 Å². The maximum absolute atomic E-state index is 14.0. The van der Waals surface area contributed by atoms with E-state index >= 15 is 0 Å². The quantitative estimate of drug-likeness (QED) is 0.488. The molecule has 6 nitrogen and oxygen atoms in total. The standard InChI is InChI=1S/C25H32FN3O3/c1-5-31-22-10-12-23(13-11-22)32-17-21(30)15-28(4)16-24-18(2)27-29(19(24)3)14-20-8-6-7-9-25(20)26/h6-13,21,30H,5,14-17H2,1-4H3. The normalized spacial score (nSPS) is 12.2. The summed E-state index contributed by atoms with van der Waals surface area (Å²) in [5.41, 5.74) is 3.60. The molecule has 0 amide bonds. The highest BCUT2D eigenvalue weighted by Gasteiger charge is 2.17. The summed E-state index contributed by atoms with van der Waals surface area (Å²) >= 11 is 0. The molecule has 1 unspecified atom stereocenters. The van der Waals surface area contributed by atoms with Gasteiger partial charge in [-0.05, 0) is 58.2 Å². The Hall–Kier alpha value is -2.90. The average Bonchev–Trinajstić information content (AvgIpc) is 3.02. The topological polar surface area (TPSA) is 59.8 Å². The summed E-state index contributed by atoms with van der Waals surface area (Å²) in [5, 5.41) is 15.0. The van der Waals surface area contributed by atoms with Gasteiger partial charge in [0.1, 0.15) is 30.0 Å². The minimum atomic E-state index is -0.638. The third-order valence-corrected chi connectivity index (χ3v) is 5.34. The van der Waals surface area contributed by atoms with Gasteiger partial charge < -0.3 is 14.6 Å². The lowest BCUT2D eigenvalue weighted by Crippen LogP contribution is -2.33. The summed E-state index contributed by atoms with van der Waals surface area (Å²) in [6, 6.07) is 14.1. The molecule has 2 aromatic carbocycles. The van der Waals surface area contributed by atoms with E-state index in [1.165, 1.54) is 6.07 Å². The van der Waals surface area contributed by atoms with Gasteiger partial charge in [-0.25, -0.2) is 4.39 Å². The fourth-order valence-electron chi connectivity index (χ4n) is 3.64. The summed E-state index contributed by atoms with van der Waals surface area (Å²) in [6.07, 6.45) is -0.638. The SMILES string of the molecule is CCOc1ccc(OCC(O)CN(C)Cc2c(C)nn(Cc3ccccc3F)c2C)cc1. The van der Waals surface area contributed by atoms with Crippen molar-refractivity contribution < 1.29 is 19.0 Å². The van der Waals surface area contributed by atoms with E-state index in [0.29, 0.717) is 37.6 Å². The molecule has 0 aliphatic rings. The molecule has 0 saturated heterocycles. The number of rotatable bonds is 11. The predicted molar refractivity (Wildman–Crippen MR) is 123 cm³/mol. The van der Waals surface area contributed by atoms with Crippen LogP contribution in [-0.4, -0.2) is 52.7 Å². The number of likely N-dealkylation sites (N-methyl/N-ethyl adjacent to an activating group) is 1. The van der Waals surface area contributed by atoms with Crippen molar-refractivity contribution in [1.29, 1.82) is 0 Å². The molecule has 1 atom stereocenters. The van der Waals surface area contributed by atoms with Crippen LogP contribution < -0.4 is 9.47 Å². The van der Waals surface area contributed by atoms with Crippen molar-refractivity contribution in [1.82, 2.24) is 14.7 Å². The first-order chi connectivity index (χ1) is 15.4. The molecule has 7 heteroatoms. The van der Waals surface area contributed by atoms with Crippen molar-refractivity contribution in [2.24, 2.45) is 0 Å². The van der Waals surface area contributed by atoms with E-state index in [1.807, 2.05) is 67.7 Å². The summed E-state index contributed by atoms with van der Waals surface area (Å²) in [7, 11) is 1.95. The maximum Gasteiger partial charge on any atom is 0.128 e.